The van der Waals surface area contributed by atoms with Crippen molar-refractivity contribution < 1.29 is 9.59 Å². The van der Waals surface area contributed by atoms with Crippen LogP contribution in [-0.4, -0.2) is 17.9 Å². The number of anilines is 1. The van der Waals surface area contributed by atoms with Crippen LogP contribution in [0.3, 0.4) is 0 Å². The molecule has 22 heavy (non-hydrogen) atoms. The zero-order valence-corrected chi connectivity index (χ0v) is 13.3. The van der Waals surface area contributed by atoms with Crippen LogP contribution >= 0.6 is 0 Å². The van der Waals surface area contributed by atoms with Gasteiger partial charge in [0, 0.05) is 11.7 Å². The Morgan fingerprint density at radius 2 is 1.73 bits per heavy atom. The Morgan fingerprint density at radius 3 is 2.41 bits per heavy atom. The maximum atomic E-state index is 12.3. The van der Waals surface area contributed by atoms with Crippen molar-refractivity contribution in [3.8, 4) is 0 Å². The maximum absolute atomic E-state index is 12.3. The van der Waals surface area contributed by atoms with Crippen LogP contribution in [0.25, 0.3) is 0 Å². The van der Waals surface area contributed by atoms with Crippen LogP contribution in [-0.2, 0) is 9.59 Å². The van der Waals surface area contributed by atoms with Gasteiger partial charge in [-0.1, -0.05) is 30.5 Å². The lowest BCUT2D eigenvalue weighted by molar-refractivity contribution is -0.125. The number of hydrogen-bond donors (Lipinski definition) is 2. The van der Waals surface area contributed by atoms with Gasteiger partial charge in [-0.15, -0.1) is 0 Å². The highest BCUT2D eigenvalue weighted by Crippen LogP contribution is 2.40. The van der Waals surface area contributed by atoms with E-state index in [1.807, 2.05) is 32.0 Å². The summed E-state index contributed by atoms with van der Waals surface area (Å²) in [6, 6.07) is 6.29. The third kappa shape index (κ3) is 3.32. The molecule has 0 saturated heterocycles. The molecular weight excluding hydrogens is 276 g/mol. The van der Waals surface area contributed by atoms with Crippen molar-refractivity contribution in [3.05, 3.63) is 29.3 Å². The van der Waals surface area contributed by atoms with Crippen molar-refractivity contribution in [2.24, 2.45) is 11.8 Å². The Bertz CT molecular complexity index is 591. The SMILES string of the molecule is Cc1ccc(NC(=O)C2CC2C(=O)NC2CCCC2)c(C)c1. The molecule has 4 nitrogen and oxygen atoms in total. The lowest BCUT2D eigenvalue weighted by Gasteiger charge is -2.12. The molecule has 0 spiro atoms. The van der Waals surface area contributed by atoms with Gasteiger partial charge < -0.3 is 10.6 Å². The molecule has 1 aromatic carbocycles. The molecule has 2 aliphatic carbocycles. The average Bonchev–Trinajstić information content (AvgIpc) is 3.13. The molecule has 0 aromatic heterocycles. The minimum atomic E-state index is -0.165. The lowest BCUT2D eigenvalue weighted by atomic mass is 10.1. The van der Waals surface area contributed by atoms with Crippen molar-refractivity contribution in [3.63, 3.8) is 0 Å². The van der Waals surface area contributed by atoms with Crippen molar-refractivity contribution in [1.82, 2.24) is 5.32 Å². The van der Waals surface area contributed by atoms with Crippen LogP contribution in [0.15, 0.2) is 18.2 Å². The Balaban J connectivity index is 1.52. The molecule has 3 rings (SSSR count). The number of amides is 2. The van der Waals surface area contributed by atoms with Gasteiger partial charge >= 0.3 is 0 Å². The Morgan fingerprint density at radius 1 is 1.05 bits per heavy atom. The van der Waals surface area contributed by atoms with E-state index in [2.05, 4.69) is 10.6 Å². The van der Waals surface area contributed by atoms with Crippen LogP contribution in [0, 0.1) is 25.7 Å². The van der Waals surface area contributed by atoms with E-state index in [1.165, 1.54) is 18.4 Å². The van der Waals surface area contributed by atoms with Gasteiger partial charge in [-0.3, -0.25) is 9.59 Å². The van der Waals surface area contributed by atoms with Gasteiger partial charge in [0.15, 0.2) is 0 Å². The fourth-order valence-corrected chi connectivity index (χ4v) is 3.33. The minimum absolute atomic E-state index is 0.0291. The van der Waals surface area contributed by atoms with E-state index in [0.717, 1.165) is 24.1 Å². The van der Waals surface area contributed by atoms with Crippen LogP contribution < -0.4 is 10.6 Å². The van der Waals surface area contributed by atoms with Crippen molar-refractivity contribution in [1.29, 1.82) is 0 Å². The van der Waals surface area contributed by atoms with Gasteiger partial charge in [0.25, 0.3) is 0 Å². The van der Waals surface area contributed by atoms with E-state index in [9.17, 15) is 9.59 Å². The molecule has 2 fully saturated rings. The molecule has 2 N–H and O–H groups in total. The normalized spacial score (nSPS) is 24.1. The quantitative estimate of drug-likeness (QED) is 0.898. The standard InChI is InChI=1S/C18H24N2O2/c1-11-7-8-16(12(2)9-11)20-18(22)15-10-14(15)17(21)19-13-5-3-4-6-13/h7-9,13-15H,3-6,10H2,1-2H3,(H,19,21)(H,20,22). The van der Waals surface area contributed by atoms with Crippen molar-refractivity contribution in [2.45, 2.75) is 52.0 Å². The van der Waals surface area contributed by atoms with E-state index in [1.54, 1.807) is 0 Å². The smallest absolute Gasteiger partial charge is 0.228 e. The monoisotopic (exact) mass is 300 g/mol. The summed E-state index contributed by atoms with van der Waals surface area (Å²) < 4.78 is 0. The second-order valence-electron chi connectivity index (χ2n) is 6.75. The summed E-state index contributed by atoms with van der Waals surface area (Å²) in [5.41, 5.74) is 3.08. The summed E-state index contributed by atoms with van der Waals surface area (Å²) in [4.78, 5) is 24.4. The lowest BCUT2D eigenvalue weighted by Crippen LogP contribution is -2.34. The first kappa shape index (κ1) is 15.1. The molecule has 0 aliphatic heterocycles. The first-order chi connectivity index (χ1) is 10.5. The first-order valence-electron chi connectivity index (χ1n) is 8.23. The van der Waals surface area contributed by atoms with Crippen LogP contribution in [0.5, 0.6) is 0 Å². The minimum Gasteiger partial charge on any atom is -0.353 e. The van der Waals surface area contributed by atoms with Crippen molar-refractivity contribution in [2.75, 3.05) is 5.32 Å². The second kappa shape index (κ2) is 6.11. The predicted octanol–water partition coefficient (Wildman–Crippen LogP) is 2.94. The van der Waals surface area contributed by atoms with Gasteiger partial charge in [0.05, 0.1) is 11.8 Å². The molecule has 4 heteroatoms. The predicted molar refractivity (Wildman–Crippen MR) is 86.5 cm³/mol. The van der Waals surface area contributed by atoms with E-state index >= 15 is 0 Å². The van der Waals surface area contributed by atoms with E-state index in [4.69, 9.17) is 0 Å². The van der Waals surface area contributed by atoms with Gasteiger partial charge in [0.1, 0.15) is 0 Å². The fraction of sp³-hybridized carbons (Fsp3) is 0.556. The first-order valence-corrected chi connectivity index (χ1v) is 8.23. The number of carbonyl (C=O) groups is 2. The van der Waals surface area contributed by atoms with Crippen molar-refractivity contribution >= 4 is 17.5 Å². The second-order valence-corrected chi connectivity index (χ2v) is 6.75. The van der Waals surface area contributed by atoms with Gasteiger partial charge in [-0.25, -0.2) is 0 Å². The number of nitrogens with one attached hydrogen (secondary N) is 2. The molecule has 2 amide bonds. The maximum Gasteiger partial charge on any atom is 0.228 e. The topological polar surface area (TPSA) is 58.2 Å². The molecule has 2 unspecified atom stereocenters. The molecule has 1 aromatic rings. The molecular formula is C18H24N2O2. The van der Waals surface area contributed by atoms with E-state index < -0.39 is 0 Å². The summed E-state index contributed by atoms with van der Waals surface area (Å²) >= 11 is 0. The molecule has 2 atom stereocenters. The summed E-state index contributed by atoms with van der Waals surface area (Å²) in [5, 5.41) is 6.05. The average molecular weight is 300 g/mol. The van der Waals surface area contributed by atoms with Crippen LogP contribution in [0.4, 0.5) is 5.69 Å². The third-order valence-corrected chi connectivity index (χ3v) is 4.81. The third-order valence-electron chi connectivity index (χ3n) is 4.81. The number of carbonyl (C=O) groups excluding carboxylic acids is 2. The largest absolute Gasteiger partial charge is 0.353 e. The summed E-state index contributed by atoms with van der Waals surface area (Å²) in [6.45, 7) is 4.02. The molecule has 118 valence electrons. The number of aryl methyl sites for hydroxylation is 2. The van der Waals surface area contributed by atoms with Gasteiger partial charge in [-0.2, -0.15) is 0 Å². The summed E-state index contributed by atoms with van der Waals surface area (Å²) in [7, 11) is 0. The van der Waals surface area contributed by atoms with Crippen LogP contribution in [0.1, 0.15) is 43.2 Å². The molecule has 0 radical (unpaired) electrons. The van der Waals surface area contributed by atoms with E-state index in [0.29, 0.717) is 12.5 Å². The number of benzene rings is 1. The van der Waals surface area contributed by atoms with Crippen LogP contribution in [0.2, 0.25) is 0 Å². The fourth-order valence-electron chi connectivity index (χ4n) is 3.33. The highest BCUT2D eigenvalue weighted by molar-refractivity contribution is 6.00. The summed E-state index contributed by atoms with van der Waals surface area (Å²) in [6.07, 6.45) is 5.24. The van der Waals surface area contributed by atoms with E-state index in [-0.39, 0.29) is 23.7 Å². The molecule has 0 heterocycles. The zero-order chi connectivity index (χ0) is 15.7. The molecule has 2 saturated carbocycles. The summed E-state index contributed by atoms with van der Waals surface area (Å²) in [5.74, 6) is -0.264. The van der Waals surface area contributed by atoms with Gasteiger partial charge in [0.2, 0.25) is 11.8 Å². The molecule has 2 aliphatic rings. The Kier molecular flexibility index (Phi) is 4.19. The highest BCUT2D eigenvalue weighted by Gasteiger charge is 2.48. The van der Waals surface area contributed by atoms with Gasteiger partial charge in [-0.05, 0) is 44.7 Å². The number of hydrogen-bond acceptors (Lipinski definition) is 2. The highest BCUT2D eigenvalue weighted by atomic mass is 16.2. The number of rotatable bonds is 4. The molecule has 0 bridgehead atoms. The Hall–Kier alpha value is -1.84. The zero-order valence-electron chi connectivity index (χ0n) is 13.3. The Labute approximate surface area is 131 Å².